The number of amides is 2. The van der Waals surface area contributed by atoms with Crippen molar-refractivity contribution in [2.24, 2.45) is 0 Å². The minimum absolute atomic E-state index is 0.111. The number of hydrogen-bond acceptors (Lipinski definition) is 2. The third kappa shape index (κ3) is 3.50. The number of nitrogens with zero attached hydrogens (tertiary/aromatic N) is 1. The highest BCUT2D eigenvalue weighted by atomic mass is 19.1. The molecule has 0 aromatic carbocycles. The molecule has 0 saturated heterocycles. The summed E-state index contributed by atoms with van der Waals surface area (Å²) in [5.74, 6) is -2.51. The van der Waals surface area contributed by atoms with Gasteiger partial charge in [-0.25, -0.2) is 14.1 Å². The molecule has 0 aromatic heterocycles. The largest absolute Gasteiger partial charge is 0.465 e. The second-order valence-corrected chi connectivity index (χ2v) is 2.22. The van der Waals surface area contributed by atoms with Gasteiger partial charge in [0.15, 0.2) is 5.83 Å². The van der Waals surface area contributed by atoms with Crippen LogP contribution in [0.1, 0.15) is 6.42 Å². The van der Waals surface area contributed by atoms with Gasteiger partial charge in [-0.1, -0.05) is 12.7 Å². The molecule has 0 unspecified atom stereocenters. The Morgan fingerprint density at radius 3 is 2.38 bits per heavy atom. The number of carbonyl (C=O) groups is 2. The molecule has 0 spiro atoms. The summed E-state index contributed by atoms with van der Waals surface area (Å²) in [6.45, 7) is 5.96. The van der Waals surface area contributed by atoms with Crippen molar-refractivity contribution in [3.63, 3.8) is 0 Å². The lowest BCUT2D eigenvalue weighted by Gasteiger charge is -2.14. The molecule has 0 heterocycles. The predicted molar refractivity (Wildman–Crippen MR) is 44.8 cm³/mol. The summed E-state index contributed by atoms with van der Waals surface area (Å²) in [5, 5.41) is 8.48. The summed E-state index contributed by atoms with van der Waals surface area (Å²) in [7, 11) is 0. The molecule has 13 heavy (non-hydrogen) atoms. The molecule has 0 bridgehead atoms. The molecule has 0 aliphatic rings. The Labute approximate surface area is 75.0 Å². The number of rotatable bonds is 4. The van der Waals surface area contributed by atoms with Gasteiger partial charge in [0.05, 0.1) is 0 Å². The minimum Gasteiger partial charge on any atom is -0.465 e. The van der Waals surface area contributed by atoms with E-state index in [-0.39, 0.29) is 13.0 Å². The van der Waals surface area contributed by atoms with Crippen LogP contribution in [0.3, 0.4) is 0 Å². The molecular weight excluding hydrogens is 177 g/mol. The standard InChI is InChI=1S/C8H10FNO3/c1-3-4-5-10(8(12)13)7(11)6(2)9/h3H,1-2,4-5H2,(H,12,13). The monoisotopic (exact) mass is 187 g/mol. The maximum absolute atomic E-state index is 12.3. The predicted octanol–water partition coefficient (Wildman–Crippen LogP) is 1.55. The van der Waals surface area contributed by atoms with E-state index >= 15 is 0 Å². The van der Waals surface area contributed by atoms with Gasteiger partial charge in [-0.3, -0.25) is 4.79 Å². The molecule has 5 heteroatoms. The maximum Gasteiger partial charge on any atom is 0.414 e. The Morgan fingerprint density at radius 1 is 1.54 bits per heavy atom. The van der Waals surface area contributed by atoms with Gasteiger partial charge in [-0.2, -0.15) is 0 Å². The van der Waals surface area contributed by atoms with Crippen LogP contribution in [0, 0.1) is 0 Å². The van der Waals surface area contributed by atoms with E-state index in [4.69, 9.17) is 5.11 Å². The second-order valence-electron chi connectivity index (χ2n) is 2.22. The van der Waals surface area contributed by atoms with Crippen LogP contribution in [0.25, 0.3) is 0 Å². The van der Waals surface area contributed by atoms with Gasteiger partial charge >= 0.3 is 6.09 Å². The van der Waals surface area contributed by atoms with Gasteiger partial charge in [-0.05, 0) is 6.42 Å². The molecule has 0 saturated carbocycles. The molecule has 2 amide bonds. The Bertz CT molecular complexity index is 250. The van der Waals surface area contributed by atoms with E-state index < -0.39 is 17.8 Å². The number of halogens is 1. The SMILES string of the molecule is C=CCCN(C(=O)O)C(=O)C(=C)F. The zero-order valence-electron chi connectivity index (χ0n) is 6.99. The van der Waals surface area contributed by atoms with Gasteiger partial charge in [0, 0.05) is 6.54 Å². The summed E-state index contributed by atoms with van der Waals surface area (Å²) in [6.07, 6.45) is 0.223. The quantitative estimate of drug-likeness (QED) is 0.536. The van der Waals surface area contributed by atoms with Crippen molar-refractivity contribution in [2.75, 3.05) is 6.54 Å². The molecule has 0 aromatic rings. The molecule has 0 aliphatic heterocycles. The summed E-state index contributed by atoms with van der Waals surface area (Å²) in [5.41, 5.74) is 0. The first kappa shape index (κ1) is 11.4. The minimum atomic E-state index is -1.49. The molecule has 0 atom stereocenters. The summed E-state index contributed by atoms with van der Waals surface area (Å²) >= 11 is 0. The topological polar surface area (TPSA) is 57.6 Å². The Hall–Kier alpha value is -1.65. The van der Waals surface area contributed by atoms with Gasteiger partial charge in [0.25, 0.3) is 5.91 Å². The van der Waals surface area contributed by atoms with Crippen LogP contribution in [-0.2, 0) is 4.79 Å². The van der Waals surface area contributed by atoms with Crippen LogP contribution in [0.5, 0.6) is 0 Å². The molecule has 72 valence electrons. The van der Waals surface area contributed by atoms with Crippen molar-refractivity contribution in [1.29, 1.82) is 0 Å². The number of carboxylic acid groups (broad SMARTS) is 1. The van der Waals surface area contributed by atoms with Crippen molar-refractivity contribution in [3.8, 4) is 0 Å². The van der Waals surface area contributed by atoms with E-state index in [1.807, 2.05) is 0 Å². The summed E-state index contributed by atoms with van der Waals surface area (Å²) in [4.78, 5) is 21.6. The average molecular weight is 187 g/mol. The highest BCUT2D eigenvalue weighted by Gasteiger charge is 2.21. The number of carbonyl (C=O) groups excluding carboxylic acids is 1. The lowest BCUT2D eigenvalue weighted by atomic mass is 10.3. The molecule has 0 radical (unpaired) electrons. The fraction of sp³-hybridized carbons (Fsp3) is 0.250. The van der Waals surface area contributed by atoms with Crippen LogP contribution < -0.4 is 0 Å². The van der Waals surface area contributed by atoms with Crippen LogP contribution >= 0.6 is 0 Å². The first-order valence-electron chi connectivity index (χ1n) is 3.50. The molecular formula is C8H10FNO3. The third-order valence-electron chi connectivity index (χ3n) is 1.26. The number of imide groups is 1. The average Bonchev–Trinajstić information content (AvgIpc) is 2.04. The van der Waals surface area contributed by atoms with Crippen molar-refractivity contribution >= 4 is 12.0 Å². The van der Waals surface area contributed by atoms with E-state index in [9.17, 15) is 14.0 Å². The fourth-order valence-electron chi connectivity index (χ4n) is 0.651. The lowest BCUT2D eigenvalue weighted by molar-refractivity contribution is -0.126. The normalized spacial score (nSPS) is 9.00. The Morgan fingerprint density at radius 2 is 2.08 bits per heavy atom. The zero-order chi connectivity index (χ0) is 10.4. The smallest absolute Gasteiger partial charge is 0.414 e. The van der Waals surface area contributed by atoms with Crippen molar-refractivity contribution in [3.05, 3.63) is 25.1 Å². The third-order valence-corrected chi connectivity index (χ3v) is 1.26. The van der Waals surface area contributed by atoms with Crippen LogP contribution in [0.2, 0.25) is 0 Å². The molecule has 1 N–H and O–H groups in total. The highest BCUT2D eigenvalue weighted by Crippen LogP contribution is 2.02. The first-order valence-corrected chi connectivity index (χ1v) is 3.50. The van der Waals surface area contributed by atoms with E-state index in [1.54, 1.807) is 0 Å². The zero-order valence-corrected chi connectivity index (χ0v) is 6.99. The Kier molecular flexibility index (Phi) is 4.43. The second kappa shape index (κ2) is 5.08. The molecule has 0 rings (SSSR count). The van der Waals surface area contributed by atoms with E-state index in [2.05, 4.69) is 13.2 Å². The fourth-order valence-corrected chi connectivity index (χ4v) is 0.651. The van der Waals surface area contributed by atoms with E-state index in [1.165, 1.54) is 6.08 Å². The highest BCUT2D eigenvalue weighted by molar-refractivity contribution is 6.00. The van der Waals surface area contributed by atoms with Gasteiger partial charge in [0.1, 0.15) is 0 Å². The van der Waals surface area contributed by atoms with Crippen LogP contribution in [-0.4, -0.2) is 28.6 Å². The van der Waals surface area contributed by atoms with Crippen LogP contribution in [0.15, 0.2) is 25.1 Å². The molecule has 4 nitrogen and oxygen atoms in total. The molecule has 0 fully saturated rings. The van der Waals surface area contributed by atoms with Crippen molar-refractivity contribution in [2.45, 2.75) is 6.42 Å². The first-order chi connectivity index (χ1) is 6.00. The van der Waals surface area contributed by atoms with Gasteiger partial charge in [0.2, 0.25) is 0 Å². The maximum atomic E-state index is 12.3. The Balaban J connectivity index is 4.41. The summed E-state index contributed by atoms with van der Waals surface area (Å²) < 4.78 is 12.3. The van der Waals surface area contributed by atoms with Gasteiger partial charge in [-0.15, -0.1) is 6.58 Å². The summed E-state index contributed by atoms with van der Waals surface area (Å²) in [6, 6.07) is 0. The lowest BCUT2D eigenvalue weighted by Crippen LogP contribution is -2.36. The van der Waals surface area contributed by atoms with Crippen molar-refractivity contribution in [1.82, 2.24) is 4.90 Å². The molecule has 0 aliphatic carbocycles. The van der Waals surface area contributed by atoms with E-state index in [0.717, 1.165) is 0 Å². The van der Waals surface area contributed by atoms with E-state index in [0.29, 0.717) is 4.90 Å². The van der Waals surface area contributed by atoms with Crippen molar-refractivity contribution < 1.29 is 19.1 Å². The van der Waals surface area contributed by atoms with Crippen LogP contribution in [0.4, 0.5) is 9.18 Å². The van der Waals surface area contributed by atoms with Gasteiger partial charge < -0.3 is 5.11 Å². The number of hydrogen-bond donors (Lipinski definition) is 1.